The van der Waals surface area contributed by atoms with Gasteiger partial charge in [-0.2, -0.15) is 0 Å². The monoisotopic (exact) mass is 383 g/mol. The molecule has 0 rings (SSSR count). The van der Waals surface area contributed by atoms with E-state index in [1.165, 1.54) is 0 Å². The van der Waals surface area contributed by atoms with Crippen LogP contribution in [0.4, 0.5) is 0 Å². The number of hydrogen-bond donors (Lipinski definition) is 1. The molecule has 0 fully saturated rings. The molecular weight excluding hydrogens is 340 g/mol. The second kappa shape index (κ2) is 9.28. The average Bonchev–Trinajstić information content (AvgIpc) is 2.35. The Morgan fingerprint density at radius 1 is 0.708 bits per heavy atom. The van der Waals surface area contributed by atoms with Crippen LogP contribution in [-0.2, 0) is 8.85 Å². The van der Waals surface area contributed by atoms with Gasteiger partial charge >= 0.3 is 0 Å². The van der Waals surface area contributed by atoms with Crippen LogP contribution in [0.15, 0.2) is 0 Å². The topological polar surface area (TPSA) is 41.9 Å². The first-order chi connectivity index (χ1) is 10.6. The van der Waals surface area contributed by atoms with Gasteiger partial charge in [-0.3, -0.25) is 4.90 Å². The van der Waals surface area contributed by atoms with Crippen LogP contribution in [0.1, 0.15) is 41.5 Å². The lowest BCUT2D eigenvalue weighted by Crippen LogP contribution is -2.45. The van der Waals surface area contributed by atoms with Gasteiger partial charge in [-0.05, 0) is 36.3 Å². The lowest BCUT2D eigenvalue weighted by Gasteiger charge is -2.38. The van der Waals surface area contributed by atoms with E-state index in [9.17, 15) is 5.11 Å². The van der Waals surface area contributed by atoms with Crippen LogP contribution in [0, 0.1) is 0 Å². The van der Waals surface area contributed by atoms with Crippen LogP contribution in [0.5, 0.6) is 0 Å². The summed E-state index contributed by atoms with van der Waals surface area (Å²) < 4.78 is 12.5. The second-order valence-corrected chi connectivity index (χ2v) is 19.4. The van der Waals surface area contributed by atoms with E-state index in [0.717, 1.165) is 26.3 Å². The summed E-state index contributed by atoms with van der Waals surface area (Å²) >= 11 is 0. The minimum atomic E-state index is -1.69. The van der Waals surface area contributed by atoms with Crippen LogP contribution in [0.2, 0.25) is 36.3 Å². The lowest BCUT2D eigenvalue weighted by molar-refractivity contribution is 0.140. The fourth-order valence-corrected chi connectivity index (χ4v) is 3.84. The fraction of sp³-hybridized carbons (Fsp3) is 1.00. The minimum Gasteiger partial charge on any atom is -0.416 e. The average molecular weight is 384 g/mol. The Kier molecular flexibility index (Phi) is 9.39. The summed E-state index contributed by atoms with van der Waals surface area (Å²) in [7, 11) is -3.39. The minimum absolute atomic E-state index is 0.181. The Hall–Kier alpha value is 0.274. The molecule has 1 N–H and O–H groups in total. The van der Waals surface area contributed by atoms with Crippen molar-refractivity contribution in [2.45, 2.75) is 77.8 Å². The molecule has 0 aromatic rings. The van der Waals surface area contributed by atoms with E-state index in [1.807, 2.05) is 0 Å². The Morgan fingerprint density at radius 3 is 1.29 bits per heavy atom. The smallest absolute Gasteiger partial charge is 0.192 e. The molecule has 0 spiro atoms. The van der Waals surface area contributed by atoms with Gasteiger partial charge in [0.15, 0.2) is 16.6 Å². The van der Waals surface area contributed by atoms with Crippen molar-refractivity contribution in [3.05, 3.63) is 0 Å². The number of aliphatic hydroxyl groups excluding tert-OH is 1. The van der Waals surface area contributed by atoms with Gasteiger partial charge in [-0.1, -0.05) is 41.5 Å². The second-order valence-electron chi connectivity index (χ2n) is 9.78. The molecular formula is C18H43NO3Si2. The normalized spacial score (nSPS) is 14.5. The maximum Gasteiger partial charge on any atom is 0.192 e. The predicted molar refractivity (Wildman–Crippen MR) is 110 cm³/mol. The highest BCUT2D eigenvalue weighted by atomic mass is 28.4. The molecule has 0 unspecified atom stereocenters. The predicted octanol–water partition coefficient (Wildman–Crippen LogP) is 4.32. The molecule has 0 heterocycles. The van der Waals surface area contributed by atoms with Crippen molar-refractivity contribution in [1.29, 1.82) is 0 Å². The van der Waals surface area contributed by atoms with E-state index in [1.54, 1.807) is 0 Å². The highest BCUT2D eigenvalue weighted by Crippen LogP contribution is 2.37. The molecule has 0 amide bonds. The Morgan fingerprint density at radius 2 is 1.04 bits per heavy atom. The number of nitrogens with zero attached hydrogens (tertiary/aromatic N) is 1. The number of rotatable bonds is 10. The van der Waals surface area contributed by atoms with E-state index in [4.69, 9.17) is 8.85 Å². The van der Waals surface area contributed by atoms with Gasteiger partial charge in [0, 0.05) is 32.8 Å². The van der Waals surface area contributed by atoms with Crippen molar-refractivity contribution in [3.8, 4) is 0 Å². The molecule has 0 atom stereocenters. The van der Waals surface area contributed by atoms with Gasteiger partial charge in [0.05, 0.1) is 6.61 Å². The molecule has 0 bridgehead atoms. The molecule has 0 saturated carbocycles. The van der Waals surface area contributed by atoms with E-state index < -0.39 is 16.6 Å². The summed E-state index contributed by atoms with van der Waals surface area (Å²) in [6.45, 7) is 26.7. The molecule has 0 aromatic carbocycles. The van der Waals surface area contributed by atoms with Crippen LogP contribution in [-0.4, -0.2) is 66.1 Å². The van der Waals surface area contributed by atoms with Gasteiger partial charge < -0.3 is 14.0 Å². The molecule has 24 heavy (non-hydrogen) atoms. The molecule has 6 heteroatoms. The first kappa shape index (κ1) is 24.3. The van der Waals surface area contributed by atoms with Gasteiger partial charge in [0.2, 0.25) is 0 Å². The van der Waals surface area contributed by atoms with Crippen molar-refractivity contribution in [2.75, 3.05) is 39.5 Å². The third-order valence-corrected chi connectivity index (χ3v) is 14.8. The van der Waals surface area contributed by atoms with Crippen molar-refractivity contribution in [3.63, 3.8) is 0 Å². The molecule has 0 aromatic heterocycles. The number of aliphatic hydroxyl groups is 1. The summed E-state index contributed by atoms with van der Waals surface area (Å²) in [5, 5.41) is 9.78. The highest BCUT2D eigenvalue weighted by Gasteiger charge is 2.38. The maximum atomic E-state index is 9.31. The van der Waals surface area contributed by atoms with Crippen molar-refractivity contribution < 1.29 is 14.0 Å². The highest BCUT2D eigenvalue weighted by molar-refractivity contribution is 6.74. The molecule has 4 nitrogen and oxygen atoms in total. The zero-order valence-corrected chi connectivity index (χ0v) is 20.0. The van der Waals surface area contributed by atoms with Gasteiger partial charge in [-0.25, -0.2) is 0 Å². The Bertz CT molecular complexity index is 328. The number of hydrogen-bond acceptors (Lipinski definition) is 4. The molecule has 0 saturated heterocycles. The molecule has 0 aliphatic heterocycles. The summed E-state index contributed by atoms with van der Waals surface area (Å²) in [5.74, 6) is 0. The van der Waals surface area contributed by atoms with Crippen molar-refractivity contribution in [2.24, 2.45) is 0 Å². The Labute approximate surface area is 153 Å². The fourth-order valence-electron chi connectivity index (χ4n) is 1.77. The van der Waals surface area contributed by atoms with Crippen LogP contribution < -0.4 is 0 Å². The van der Waals surface area contributed by atoms with Gasteiger partial charge in [0.25, 0.3) is 0 Å². The molecule has 0 radical (unpaired) electrons. The first-order valence-electron chi connectivity index (χ1n) is 9.25. The third kappa shape index (κ3) is 8.10. The summed E-state index contributed by atoms with van der Waals surface area (Å²) in [6.07, 6.45) is 0. The van der Waals surface area contributed by atoms with E-state index in [-0.39, 0.29) is 16.7 Å². The van der Waals surface area contributed by atoms with Crippen LogP contribution in [0.25, 0.3) is 0 Å². The largest absolute Gasteiger partial charge is 0.416 e. The summed E-state index contributed by atoms with van der Waals surface area (Å²) in [5.41, 5.74) is 0. The lowest BCUT2D eigenvalue weighted by atomic mass is 10.2. The summed E-state index contributed by atoms with van der Waals surface area (Å²) in [6, 6.07) is 0. The SMILES string of the molecule is CC(C)(C)[Si](C)(C)O[13CH2][13CH2]N([13CH2][13CH2]O)[13CH2][13CH2]O[Si](C)(C)C(C)(C)C. The van der Waals surface area contributed by atoms with E-state index >= 15 is 0 Å². The van der Waals surface area contributed by atoms with E-state index in [0.29, 0.717) is 6.54 Å². The summed E-state index contributed by atoms with van der Waals surface area (Å²) in [4.78, 5) is 2.25. The standard InChI is InChI=1S/C18H43NO3Si2/c1-17(2,3)23(7,8)21-15-12-19(11-14-20)13-16-22-24(9,10)18(4,5)6/h20H,11-16H2,1-10H3/i11+1,12+1,13+1,14+1,15+1,16+1. The maximum absolute atomic E-state index is 9.31. The first-order valence-corrected chi connectivity index (χ1v) is 15.1. The zero-order valence-electron chi connectivity index (χ0n) is 18.0. The van der Waals surface area contributed by atoms with Gasteiger partial charge in [0.1, 0.15) is 0 Å². The van der Waals surface area contributed by atoms with E-state index in [2.05, 4.69) is 72.6 Å². The van der Waals surface area contributed by atoms with Crippen LogP contribution >= 0.6 is 0 Å². The van der Waals surface area contributed by atoms with Crippen LogP contribution in [0.3, 0.4) is 0 Å². The van der Waals surface area contributed by atoms with Crippen molar-refractivity contribution >= 4 is 16.6 Å². The molecule has 146 valence electrons. The quantitative estimate of drug-likeness (QED) is 0.450. The van der Waals surface area contributed by atoms with Gasteiger partial charge in [-0.15, -0.1) is 0 Å². The Balaban J connectivity index is 4.38. The van der Waals surface area contributed by atoms with Crippen molar-refractivity contribution in [1.82, 2.24) is 4.90 Å². The molecule has 0 aliphatic carbocycles. The zero-order chi connectivity index (χ0) is 19.2. The molecule has 0 aliphatic rings. The third-order valence-electron chi connectivity index (χ3n) is 5.77.